The SMILES string of the molecule is CC1(C)[C@H](NC(=O)/C(=N\O[C@H](COc2ccc(C(=N)NCCN)cc2)C(=O)O)c2csc(N)n2)C(=O)N1OS(=O)(=O)O. The largest absolute Gasteiger partial charge is 0.489 e. The topological polar surface area (TPSA) is 282 Å². The fraction of sp³-hybridized carbons (Fsp3) is 0.364. The highest BCUT2D eigenvalue weighted by molar-refractivity contribution is 7.80. The maximum atomic E-state index is 13.1. The minimum absolute atomic E-state index is 0.0474. The number of benzene rings is 1. The molecule has 2 amide bonds. The fourth-order valence-electron chi connectivity index (χ4n) is 3.47. The van der Waals surface area contributed by atoms with Crippen molar-refractivity contribution < 1.29 is 46.3 Å². The van der Waals surface area contributed by atoms with Gasteiger partial charge in [-0.15, -0.1) is 15.6 Å². The zero-order chi connectivity index (χ0) is 31.2. The van der Waals surface area contributed by atoms with Crippen molar-refractivity contribution in [3.8, 4) is 5.75 Å². The third-order valence-corrected chi connectivity index (χ3v) is 6.65. The van der Waals surface area contributed by atoms with Crippen molar-refractivity contribution in [2.45, 2.75) is 31.5 Å². The third-order valence-electron chi connectivity index (χ3n) is 5.64. The number of carboxylic acid groups (broad SMARTS) is 1. The number of carbonyl (C=O) groups excluding carboxylic acids is 2. The van der Waals surface area contributed by atoms with Crippen molar-refractivity contribution in [1.29, 1.82) is 5.41 Å². The number of hydroxylamine groups is 2. The van der Waals surface area contributed by atoms with E-state index >= 15 is 0 Å². The van der Waals surface area contributed by atoms with Crippen LogP contribution in [-0.2, 0) is 33.9 Å². The number of nitrogens with zero attached hydrogens (tertiary/aromatic N) is 3. The molecule has 1 fully saturated rings. The maximum Gasteiger partial charge on any atom is 0.418 e. The molecular weight excluding hydrogens is 600 g/mol. The van der Waals surface area contributed by atoms with Crippen LogP contribution in [0, 0.1) is 5.41 Å². The normalized spacial score (nSPS) is 17.1. The lowest BCUT2D eigenvalue weighted by molar-refractivity contribution is -0.218. The summed E-state index contributed by atoms with van der Waals surface area (Å²) in [5.41, 5.74) is 9.54. The Balaban J connectivity index is 1.72. The summed E-state index contributed by atoms with van der Waals surface area (Å²) in [5.74, 6) is -3.11. The van der Waals surface area contributed by atoms with E-state index in [2.05, 4.69) is 25.1 Å². The van der Waals surface area contributed by atoms with Gasteiger partial charge in [-0.05, 0) is 38.1 Å². The minimum atomic E-state index is -5.02. The van der Waals surface area contributed by atoms with E-state index in [4.69, 9.17) is 31.0 Å². The van der Waals surface area contributed by atoms with Crippen molar-refractivity contribution in [2.24, 2.45) is 10.9 Å². The van der Waals surface area contributed by atoms with Gasteiger partial charge in [-0.1, -0.05) is 5.16 Å². The van der Waals surface area contributed by atoms with Crippen LogP contribution in [0.25, 0.3) is 0 Å². The molecule has 0 bridgehead atoms. The minimum Gasteiger partial charge on any atom is -0.489 e. The Hall–Kier alpha value is -4.37. The molecule has 1 aliphatic rings. The predicted octanol–water partition coefficient (Wildman–Crippen LogP) is -1.31. The first-order valence-electron chi connectivity index (χ1n) is 11.9. The molecule has 18 nitrogen and oxygen atoms in total. The van der Waals surface area contributed by atoms with Crippen LogP contribution in [-0.4, -0.2) is 94.8 Å². The van der Waals surface area contributed by atoms with E-state index in [1.54, 1.807) is 12.1 Å². The number of oxime groups is 1. The van der Waals surface area contributed by atoms with Gasteiger partial charge in [0.15, 0.2) is 10.8 Å². The number of hydrogen-bond acceptors (Lipinski definition) is 14. The molecule has 42 heavy (non-hydrogen) atoms. The Bertz CT molecular complexity index is 1480. The Morgan fingerprint density at radius 1 is 1.31 bits per heavy atom. The van der Waals surface area contributed by atoms with Crippen LogP contribution in [0.4, 0.5) is 5.13 Å². The predicted molar refractivity (Wildman–Crippen MR) is 147 cm³/mol. The van der Waals surface area contributed by atoms with Gasteiger partial charge in [0.2, 0.25) is 0 Å². The average Bonchev–Trinajstić information content (AvgIpc) is 3.35. The van der Waals surface area contributed by atoms with Gasteiger partial charge >= 0.3 is 16.4 Å². The summed E-state index contributed by atoms with van der Waals surface area (Å²) in [6, 6.07) is 4.85. The first kappa shape index (κ1) is 32.1. The van der Waals surface area contributed by atoms with E-state index in [1.807, 2.05) is 0 Å². The van der Waals surface area contributed by atoms with E-state index in [9.17, 15) is 27.9 Å². The van der Waals surface area contributed by atoms with Crippen LogP contribution >= 0.6 is 11.3 Å². The summed E-state index contributed by atoms with van der Waals surface area (Å²) in [4.78, 5) is 46.4. The Morgan fingerprint density at radius 2 is 1.98 bits per heavy atom. The molecule has 3 rings (SSSR count). The standard InChI is InChI=1S/C22H28N8O10S2/c1-22(2)16(19(32)30(22)40-42(35,36)37)28-18(31)15(13-10-41-21(25)27-13)29-39-14(20(33)34)9-38-12-5-3-11(4-6-12)17(24)26-8-7-23/h3-6,10,14,16H,7-9,23H2,1-2H3,(H2,24,26)(H2,25,27)(H,28,31)(H,33,34)(H,35,36,37)/b29-15-/t14-,16-/m1/s1. The summed E-state index contributed by atoms with van der Waals surface area (Å²) in [5, 5.41) is 28.1. The lowest BCUT2D eigenvalue weighted by atomic mass is 9.84. The number of hydrogen-bond donors (Lipinski definition) is 7. The number of ether oxygens (including phenoxy) is 1. The molecule has 9 N–H and O–H groups in total. The number of aromatic nitrogens is 1. The van der Waals surface area contributed by atoms with Gasteiger partial charge < -0.3 is 36.8 Å². The molecule has 1 aromatic carbocycles. The molecule has 2 atom stereocenters. The smallest absolute Gasteiger partial charge is 0.418 e. The molecule has 1 saturated heterocycles. The van der Waals surface area contributed by atoms with Crippen molar-refractivity contribution in [1.82, 2.24) is 20.7 Å². The molecule has 0 radical (unpaired) electrons. The van der Waals surface area contributed by atoms with Crippen LogP contribution in [0.3, 0.4) is 0 Å². The number of carboxylic acids is 1. The van der Waals surface area contributed by atoms with E-state index < -0.39 is 58.2 Å². The van der Waals surface area contributed by atoms with Gasteiger partial charge in [-0.25, -0.2) is 9.78 Å². The number of rotatable bonds is 14. The van der Waals surface area contributed by atoms with Crippen LogP contribution < -0.4 is 26.8 Å². The van der Waals surface area contributed by atoms with Crippen LogP contribution in [0.1, 0.15) is 25.1 Å². The van der Waals surface area contributed by atoms with Crippen LogP contribution in [0.2, 0.25) is 0 Å². The van der Waals surface area contributed by atoms with Crippen molar-refractivity contribution in [3.63, 3.8) is 0 Å². The number of carbonyl (C=O) groups is 3. The highest BCUT2D eigenvalue weighted by Gasteiger charge is 2.58. The Kier molecular flexibility index (Phi) is 10.0. The third kappa shape index (κ3) is 7.88. The van der Waals surface area contributed by atoms with Crippen LogP contribution in [0.15, 0.2) is 34.8 Å². The second kappa shape index (κ2) is 13.1. The number of aliphatic carboxylic acids is 1. The second-order valence-corrected chi connectivity index (χ2v) is 11.0. The summed E-state index contributed by atoms with van der Waals surface area (Å²) in [6.45, 7) is 2.93. The summed E-state index contributed by atoms with van der Waals surface area (Å²) >= 11 is 0.945. The molecule has 1 aromatic heterocycles. The number of thiazole rings is 1. The molecule has 20 heteroatoms. The number of nitrogens with one attached hydrogen (secondary N) is 3. The zero-order valence-electron chi connectivity index (χ0n) is 22.1. The molecule has 228 valence electrons. The van der Waals surface area contributed by atoms with Crippen molar-refractivity contribution in [3.05, 3.63) is 40.9 Å². The first-order valence-corrected chi connectivity index (χ1v) is 14.1. The molecule has 2 heterocycles. The molecule has 0 unspecified atom stereocenters. The van der Waals surface area contributed by atoms with E-state index in [0.717, 1.165) is 11.3 Å². The number of amidine groups is 1. The van der Waals surface area contributed by atoms with Gasteiger partial charge in [0, 0.05) is 24.0 Å². The molecule has 0 spiro atoms. The molecule has 0 saturated carbocycles. The van der Waals surface area contributed by atoms with E-state index in [-0.39, 0.29) is 22.4 Å². The van der Waals surface area contributed by atoms with Gasteiger partial charge in [0.25, 0.3) is 17.9 Å². The second-order valence-electron chi connectivity index (χ2n) is 9.06. The Labute approximate surface area is 243 Å². The first-order chi connectivity index (χ1) is 19.6. The molecule has 1 aliphatic heterocycles. The van der Waals surface area contributed by atoms with Gasteiger partial charge in [-0.3, -0.25) is 19.6 Å². The van der Waals surface area contributed by atoms with E-state index in [1.165, 1.54) is 31.4 Å². The number of β-lactam (4-membered cyclic amide) rings is 1. The monoisotopic (exact) mass is 628 g/mol. The Morgan fingerprint density at radius 3 is 2.50 bits per heavy atom. The number of nitrogens with two attached hydrogens (primary N) is 2. The van der Waals surface area contributed by atoms with Gasteiger partial charge in [0.1, 0.15) is 29.9 Å². The van der Waals surface area contributed by atoms with Gasteiger partial charge in [-0.2, -0.15) is 13.5 Å². The quantitative estimate of drug-likeness (QED) is 0.0421. The van der Waals surface area contributed by atoms with Crippen molar-refractivity contribution in [2.75, 3.05) is 25.4 Å². The van der Waals surface area contributed by atoms with Crippen LogP contribution in [0.5, 0.6) is 5.75 Å². The molecular formula is C22H28N8O10S2. The highest BCUT2D eigenvalue weighted by atomic mass is 32.3. The number of amides is 2. The summed E-state index contributed by atoms with van der Waals surface area (Å²) in [7, 11) is -5.02. The maximum absolute atomic E-state index is 13.1. The highest BCUT2D eigenvalue weighted by Crippen LogP contribution is 2.33. The van der Waals surface area contributed by atoms with Gasteiger partial charge in [0.05, 0.1) is 5.54 Å². The zero-order valence-corrected chi connectivity index (χ0v) is 23.8. The molecule has 2 aromatic rings. The number of nitrogen functional groups attached to an aromatic ring is 1. The average molecular weight is 629 g/mol. The fourth-order valence-corrected chi connectivity index (χ4v) is 4.47. The summed E-state index contributed by atoms with van der Waals surface area (Å²) in [6.07, 6.45) is -1.70. The number of anilines is 1. The summed E-state index contributed by atoms with van der Waals surface area (Å²) < 4.78 is 40.7. The lowest BCUT2D eigenvalue weighted by Crippen LogP contribution is -2.76. The molecule has 0 aliphatic carbocycles. The lowest BCUT2D eigenvalue weighted by Gasteiger charge is -2.50. The van der Waals surface area contributed by atoms with E-state index in [0.29, 0.717) is 23.7 Å². The van der Waals surface area contributed by atoms with Crippen molar-refractivity contribution >= 4 is 56.2 Å².